The van der Waals surface area contributed by atoms with Gasteiger partial charge in [0.2, 0.25) is 11.9 Å². The highest BCUT2D eigenvalue weighted by atomic mass is 19.3. The van der Waals surface area contributed by atoms with E-state index in [1.54, 1.807) is 37.3 Å². The van der Waals surface area contributed by atoms with Gasteiger partial charge in [-0.15, -0.1) is 0 Å². The van der Waals surface area contributed by atoms with Crippen molar-refractivity contribution in [3.05, 3.63) is 36.2 Å². The molecule has 1 atom stereocenters. The molecule has 3 aliphatic rings. The molecule has 0 spiro atoms. The van der Waals surface area contributed by atoms with Crippen LogP contribution in [0.3, 0.4) is 0 Å². The van der Waals surface area contributed by atoms with Crippen molar-refractivity contribution in [2.45, 2.75) is 51.1 Å². The van der Waals surface area contributed by atoms with Crippen molar-refractivity contribution in [3.63, 3.8) is 0 Å². The zero-order valence-corrected chi connectivity index (χ0v) is 22.8. The van der Waals surface area contributed by atoms with E-state index in [0.29, 0.717) is 49.2 Å². The topological polar surface area (TPSA) is 91.6 Å². The summed E-state index contributed by atoms with van der Waals surface area (Å²) in [6.45, 7) is 7.89. The summed E-state index contributed by atoms with van der Waals surface area (Å²) in [6.07, 6.45) is 1.69. The lowest BCUT2D eigenvalue weighted by Crippen LogP contribution is -2.49. The fourth-order valence-electron chi connectivity index (χ4n) is 6.07. The molecule has 6 rings (SSSR count). The lowest BCUT2D eigenvalue weighted by Gasteiger charge is -2.37. The molecule has 3 aromatic rings. The Hall–Kier alpha value is -3.38. The SMILES string of the molecule is C[C@H](Nc1nc(N2CCOCC2)cc(-n2c(C(F)F)nc3ccccc32)n1)C(=O)N1CCC(N2CCCC2)CC1. The van der Waals surface area contributed by atoms with E-state index in [4.69, 9.17) is 9.72 Å². The first-order chi connectivity index (χ1) is 19.5. The number of ether oxygens (including phenoxy) is 1. The van der Waals surface area contributed by atoms with Gasteiger partial charge in [-0.1, -0.05) is 12.1 Å². The number of carbonyl (C=O) groups is 1. The summed E-state index contributed by atoms with van der Waals surface area (Å²) < 4.78 is 35.1. The lowest BCUT2D eigenvalue weighted by atomic mass is 10.0. The Bertz CT molecular complexity index is 1330. The number of aromatic nitrogens is 4. The van der Waals surface area contributed by atoms with Crippen molar-refractivity contribution < 1.29 is 18.3 Å². The van der Waals surface area contributed by atoms with Crippen LogP contribution in [-0.4, -0.2) is 99.8 Å². The van der Waals surface area contributed by atoms with Crippen LogP contribution in [0, 0.1) is 0 Å². The van der Waals surface area contributed by atoms with Gasteiger partial charge in [-0.05, 0) is 57.8 Å². The van der Waals surface area contributed by atoms with Gasteiger partial charge in [-0.2, -0.15) is 9.97 Å². The Balaban J connectivity index is 1.26. The molecule has 3 fully saturated rings. The number of hydrogen-bond donors (Lipinski definition) is 1. The Labute approximate surface area is 232 Å². The molecule has 1 N–H and O–H groups in total. The number of benzene rings is 1. The maximum atomic E-state index is 14.1. The Morgan fingerprint density at radius 2 is 1.68 bits per heavy atom. The average Bonchev–Trinajstić information content (AvgIpc) is 3.66. The first kappa shape index (κ1) is 26.8. The van der Waals surface area contributed by atoms with Gasteiger partial charge in [0.05, 0.1) is 24.2 Å². The van der Waals surface area contributed by atoms with Crippen molar-refractivity contribution in [2.75, 3.05) is 62.7 Å². The van der Waals surface area contributed by atoms with E-state index in [1.165, 1.54) is 17.4 Å². The second-order valence-corrected chi connectivity index (χ2v) is 10.8. The second-order valence-electron chi connectivity index (χ2n) is 10.8. The molecular formula is C28H36F2N8O2. The van der Waals surface area contributed by atoms with Crippen LogP contribution in [0.1, 0.15) is 44.9 Å². The molecule has 0 bridgehead atoms. The fraction of sp³-hybridized carbons (Fsp3) is 0.571. The number of imidazole rings is 1. The van der Waals surface area contributed by atoms with E-state index in [2.05, 4.69) is 20.2 Å². The molecular weight excluding hydrogens is 518 g/mol. The van der Waals surface area contributed by atoms with Crippen LogP contribution in [0.5, 0.6) is 0 Å². The number of alkyl halides is 2. The zero-order valence-electron chi connectivity index (χ0n) is 22.8. The molecule has 0 radical (unpaired) electrons. The van der Waals surface area contributed by atoms with Gasteiger partial charge in [0.25, 0.3) is 6.43 Å². The Morgan fingerprint density at radius 3 is 2.40 bits per heavy atom. The van der Waals surface area contributed by atoms with E-state index in [0.717, 1.165) is 39.0 Å². The molecule has 40 heavy (non-hydrogen) atoms. The first-order valence-electron chi connectivity index (χ1n) is 14.2. The smallest absolute Gasteiger partial charge is 0.296 e. The van der Waals surface area contributed by atoms with Gasteiger partial charge in [0.1, 0.15) is 17.7 Å². The van der Waals surface area contributed by atoms with E-state index in [-0.39, 0.29) is 23.5 Å². The number of piperidine rings is 1. The van der Waals surface area contributed by atoms with Crippen LogP contribution in [0.15, 0.2) is 30.3 Å². The molecule has 3 saturated heterocycles. The number of anilines is 2. The van der Waals surface area contributed by atoms with Crippen molar-refractivity contribution in [3.8, 4) is 5.82 Å². The van der Waals surface area contributed by atoms with Crippen LogP contribution >= 0.6 is 0 Å². The van der Waals surface area contributed by atoms with Crippen molar-refractivity contribution in [2.24, 2.45) is 0 Å². The fourth-order valence-corrected chi connectivity index (χ4v) is 6.07. The highest BCUT2D eigenvalue weighted by Gasteiger charge is 2.31. The minimum atomic E-state index is -2.80. The van der Waals surface area contributed by atoms with Crippen LogP contribution in [0.2, 0.25) is 0 Å². The number of likely N-dealkylation sites (tertiary alicyclic amines) is 2. The van der Waals surface area contributed by atoms with E-state index >= 15 is 0 Å². The number of fused-ring (bicyclic) bond motifs is 1. The van der Waals surface area contributed by atoms with Gasteiger partial charge < -0.3 is 24.8 Å². The minimum absolute atomic E-state index is 0.0110. The largest absolute Gasteiger partial charge is 0.378 e. The standard InChI is InChI=1S/C28H36F2N8O2/c1-19(27(39)37-12-8-20(9-13-37)35-10-4-5-11-35)31-28-33-23(36-14-16-40-17-15-36)18-24(34-28)38-22-7-3-2-6-21(22)32-26(38)25(29)30/h2-3,6-7,18-20,25H,4-5,8-17H2,1H3,(H,31,33,34)/t19-/m0/s1. The molecule has 0 saturated carbocycles. The number of nitrogens with zero attached hydrogens (tertiary/aromatic N) is 7. The molecule has 0 aliphatic carbocycles. The lowest BCUT2D eigenvalue weighted by molar-refractivity contribution is -0.133. The summed E-state index contributed by atoms with van der Waals surface area (Å²) in [6, 6.07) is 8.68. The van der Waals surface area contributed by atoms with E-state index < -0.39 is 12.5 Å². The van der Waals surface area contributed by atoms with Crippen LogP contribution in [-0.2, 0) is 9.53 Å². The number of amides is 1. The summed E-state index contributed by atoms with van der Waals surface area (Å²) >= 11 is 0. The number of para-hydroxylation sites is 2. The van der Waals surface area contributed by atoms with Crippen molar-refractivity contribution in [1.82, 2.24) is 29.3 Å². The number of hydrogen-bond acceptors (Lipinski definition) is 8. The zero-order chi connectivity index (χ0) is 27.6. The third kappa shape index (κ3) is 5.46. The maximum absolute atomic E-state index is 14.1. The number of halogens is 2. The van der Waals surface area contributed by atoms with Crippen molar-refractivity contribution >= 4 is 28.7 Å². The van der Waals surface area contributed by atoms with Crippen LogP contribution in [0.4, 0.5) is 20.5 Å². The van der Waals surface area contributed by atoms with Gasteiger partial charge >= 0.3 is 0 Å². The molecule has 3 aliphatic heterocycles. The molecule has 12 heteroatoms. The van der Waals surface area contributed by atoms with Crippen LogP contribution < -0.4 is 10.2 Å². The van der Waals surface area contributed by atoms with Gasteiger partial charge in [0, 0.05) is 38.3 Å². The molecule has 1 aromatic carbocycles. The number of carbonyl (C=O) groups excluding carboxylic acids is 1. The van der Waals surface area contributed by atoms with Gasteiger partial charge in [-0.25, -0.2) is 13.8 Å². The molecule has 5 heterocycles. The second kappa shape index (κ2) is 11.6. The van der Waals surface area contributed by atoms with Crippen molar-refractivity contribution in [1.29, 1.82) is 0 Å². The summed E-state index contributed by atoms with van der Waals surface area (Å²) in [4.78, 5) is 33.4. The summed E-state index contributed by atoms with van der Waals surface area (Å²) in [5.74, 6) is 0.672. The van der Waals surface area contributed by atoms with E-state index in [9.17, 15) is 13.6 Å². The summed E-state index contributed by atoms with van der Waals surface area (Å²) in [7, 11) is 0. The molecule has 0 unspecified atom stereocenters. The quantitative estimate of drug-likeness (QED) is 0.475. The van der Waals surface area contributed by atoms with Gasteiger partial charge in [0.15, 0.2) is 5.82 Å². The van der Waals surface area contributed by atoms with Crippen LogP contribution in [0.25, 0.3) is 16.9 Å². The summed E-state index contributed by atoms with van der Waals surface area (Å²) in [5, 5.41) is 3.18. The summed E-state index contributed by atoms with van der Waals surface area (Å²) in [5.41, 5.74) is 0.986. The average molecular weight is 555 g/mol. The highest BCUT2D eigenvalue weighted by Crippen LogP contribution is 2.29. The number of nitrogens with one attached hydrogen (secondary N) is 1. The number of rotatable bonds is 7. The number of morpholine rings is 1. The normalized spacial score (nSPS) is 20.0. The predicted molar refractivity (Wildman–Crippen MR) is 148 cm³/mol. The van der Waals surface area contributed by atoms with Gasteiger partial charge in [-0.3, -0.25) is 9.36 Å². The molecule has 1 amide bonds. The third-order valence-corrected chi connectivity index (χ3v) is 8.19. The molecule has 10 nitrogen and oxygen atoms in total. The predicted octanol–water partition coefficient (Wildman–Crippen LogP) is 3.48. The Morgan fingerprint density at radius 1 is 0.975 bits per heavy atom. The molecule has 2 aromatic heterocycles. The minimum Gasteiger partial charge on any atom is -0.378 e. The Kier molecular flexibility index (Phi) is 7.79. The molecule has 214 valence electrons. The highest BCUT2D eigenvalue weighted by molar-refractivity contribution is 5.84. The maximum Gasteiger partial charge on any atom is 0.296 e. The monoisotopic (exact) mass is 554 g/mol. The van der Waals surface area contributed by atoms with E-state index in [1.807, 2.05) is 9.80 Å². The first-order valence-corrected chi connectivity index (χ1v) is 14.2. The third-order valence-electron chi connectivity index (χ3n) is 8.19.